The monoisotopic (exact) mass is 382 g/mol. The van der Waals surface area contributed by atoms with Crippen LogP contribution in [-0.4, -0.2) is 30.6 Å². The van der Waals surface area contributed by atoms with Gasteiger partial charge in [0.1, 0.15) is 0 Å². The molecule has 1 fully saturated rings. The molecule has 1 N–H and O–H groups in total. The summed E-state index contributed by atoms with van der Waals surface area (Å²) in [6, 6.07) is 1.33. The molecule has 7 nitrogen and oxygen atoms in total. The van der Waals surface area contributed by atoms with Crippen LogP contribution in [0.2, 0.25) is 0 Å². The average Bonchev–Trinajstić information content (AvgIpc) is 3.24. The number of aromatic hydroxyl groups is 1. The van der Waals surface area contributed by atoms with E-state index in [-0.39, 0.29) is 22.7 Å². The fourth-order valence-corrected chi connectivity index (χ4v) is 4.65. The van der Waals surface area contributed by atoms with Crippen molar-refractivity contribution in [1.29, 1.82) is 0 Å². The normalized spacial score (nSPS) is 16.4. The van der Waals surface area contributed by atoms with Gasteiger partial charge in [-0.05, 0) is 25.5 Å². The molecule has 1 atom stereocenters. The topological polar surface area (TPSA) is 94.0 Å². The first-order valence-electron chi connectivity index (χ1n) is 8.48. The highest BCUT2D eigenvalue weighted by Crippen LogP contribution is 2.33. The van der Waals surface area contributed by atoms with Gasteiger partial charge in [0.15, 0.2) is 11.0 Å². The molecule has 2 aromatic rings. The van der Waals surface area contributed by atoms with E-state index in [9.17, 15) is 9.90 Å². The summed E-state index contributed by atoms with van der Waals surface area (Å²) < 4.78 is 7.01. The number of aromatic nitrogens is 4. The maximum Gasteiger partial charge on any atom is 0.258 e. The maximum absolute atomic E-state index is 12.3. The Morgan fingerprint density at radius 1 is 1.40 bits per heavy atom. The fraction of sp³-hybridized carbons (Fsp3) is 0.625. The summed E-state index contributed by atoms with van der Waals surface area (Å²) >= 11 is 3.10. The minimum absolute atomic E-state index is 0.155. The maximum atomic E-state index is 12.3. The van der Waals surface area contributed by atoms with Gasteiger partial charge in [-0.2, -0.15) is 21.7 Å². The van der Waals surface area contributed by atoms with Gasteiger partial charge < -0.3 is 9.63 Å². The van der Waals surface area contributed by atoms with Crippen molar-refractivity contribution in [2.75, 3.05) is 5.75 Å². The zero-order valence-corrected chi connectivity index (χ0v) is 16.0. The third-order valence-electron chi connectivity index (χ3n) is 4.18. The van der Waals surface area contributed by atoms with Gasteiger partial charge in [0.25, 0.3) is 5.56 Å². The minimum atomic E-state index is -0.249. The van der Waals surface area contributed by atoms with Crippen LogP contribution in [0.25, 0.3) is 0 Å². The molecule has 1 aliphatic carbocycles. The molecule has 0 aromatic carbocycles. The largest absolute Gasteiger partial charge is 0.493 e. The van der Waals surface area contributed by atoms with Crippen molar-refractivity contribution in [3.8, 4) is 5.88 Å². The molecule has 0 bridgehead atoms. The Bertz CT molecular complexity index is 771. The molecule has 0 spiro atoms. The van der Waals surface area contributed by atoms with E-state index in [2.05, 4.69) is 22.0 Å². The highest BCUT2D eigenvalue weighted by atomic mass is 32.2. The third kappa shape index (κ3) is 4.38. The number of hydrogen-bond donors (Lipinski definition) is 1. The summed E-state index contributed by atoms with van der Waals surface area (Å²) in [5.41, 5.74) is -0.207. The summed E-state index contributed by atoms with van der Waals surface area (Å²) in [7, 11) is 0. The van der Waals surface area contributed by atoms with Gasteiger partial charge in [0.05, 0.1) is 17.1 Å². The average molecular weight is 383 g/mol. The second kappa shape index (κ2) is 8.27. The van der Waals surface area contributed by atoms with E-state index in [1.165, 1.54) is 17.8 Å². The molecule has 2 aromatic heterocycles. The number of nitrogens with zero attached hydrogens (tertiary/aromatic N) is 4. The fourth-order valence-electron chi connectivity index (χ4n) is 3.00. The molecule has 0 amide bonds. The van der Waals surface area contributed by atoms with Crippen LogP contribution >= 0.6 is 23.5 Å². The van der Waals surface area contributed by atoms with Gasteiger partial charge in [0, 0.05) is 6.04 Å². The zero-order valence-electron chi connectivity index (χ0n) is 14.3. The summed E-state index contributed by atoms with van der Waals surface area (Å²) in [6.07, 6.45) is 4.16. The second-order valence-corrected chi connectivity index (χ2v) is 8.54. The van der Waals surface area contributed by atoms with Crippen LogP contribution in [0.5, 0.6) is 5.88 Å². The van der Waals surface area contributed by atoms with Crippen molar-refractivity contribution in [3.05, 3.63) is 28.1 Å². The van der Waals surface area contributed by atoms with Gasteiger partial charge in [-0.3, -0.25) is 9.36 Å². The summed E-state index contributed by atoms with van der Waals surface area (Å²) in [5.74, 6) is 2.33. The lowest BCUT2D eigenvalue weighted by atomic mass is 10.2. The molecule has 136 valence electrons. The van der Waals surface area contributed by atoms with Crippen LogP contribution in [0.15, 0.2) is 20.5 Å². The first kappa shape index (κ1) is 18.3. The molecule has 0 radical (unpaired) electrons. The molecule has 0 aliphatic heterocycles. The van der Waals surface area contributed by atoms with Crippen LogP contribution in [0.4, 0.5) is 0 Å². The van der Waals surface area contributed by atoms with Crippen molar-refractivity contribution in [3.63, 3.8) is 0 Å². The van der Waals surface area contributed by atoms with E-state index in [0.29, 0.717) is 22.6 Å². The van der Waals surface area contributed by atoms with Crippen LogP contribution < -0.4 is 5.56 Å². The van der Waals surface area contributed by atoms with E-state index >= 15 is 0 Å². The van der Waals surface area contributed by atoms with Gasteiger partial charge in [-0.1, -0.05) is 36.7 Å². The van der Waals surface area contributed by atoms with Crippen LogP contribution in [0, 0.1) is 0 Å². The lowest BCUT2D eigenvalue weighted by molar-refractivity contribution is 0.384. The Labute approximate surface area is 154 Å². The number of hydrogen-bond acceptors (Lipinski definition) is 8. The van der Waals surface area contributed by atoms with E-state index in [4.69, 9.17) is 4.52 Å². The lowest BCUT2D eigenvalue weighted by Crippen LogP contribution is -2.25. The first-order valence-corrected chi connectivity index (χ1v) is 10.5. The lowest BCUT2D eigenvalue weighted by Gasteiger charge is -2.16. The summed E-state index contributed by atoms with van der Waals surface area (Å²) in [5, 5.41) is 14.4. The predicted octanol–water partition coefficient (Wildman–Crippen LogP) is 3.55. The van der Waals surface area contributed by atoms with Crippen molar-refractivity contribution in [2.24, 2.45) is 0 Å². The van der Waals surface area contributed by atoms with Gasteiger partial charge in [-0.25, -0.2) is 0 Å². The number of rotatable bonds is 7. The van der Waals surface area contributed by atoms with Crippen molar-refractivity contribution in [1.82, 2.24) is 19.7 Å². The van der Waals surface area contributed by atoms with Crippen LogP contribution in [0.3, 0.4) is 0 Å². The third-order valence-corrected chi connectivity index (χ3v) is 6.17. The summed E-state index contributed by atoms with van der Waals surface area (Å²) in [4.78, 5) is 20.9. The second-order valence-electron chi connectivity index (χ2n) is 5.98. The van der Waals surface area contributed by atoms with Crippen molar-refractivity contribution in [2.45, 2.75) is 61.7 Å². The molecule has 1 unspecified atom stereocenters. The Morgan fingerprint density at radius 3 is 2.88 bits per heavy atom. The Morgan fingerprint density at radius 2 is 2.16 bits per heavy atom. The Kier molecular flexibility index (Phi) is 6.06. The van der Waals surface area contributed by atoms with E-state index < -0.39 is 0 Å². The highest BCUT2D eigenvalue weighted by molar-refractivity contribution is 7.99. The van der Waals surface area contributed by atoms with Crippen molar-refractivity contribution < 1.29 is 9.63 Å². The van der Waals surface area contributed by atoms with Crippen LogP contribution in [0.1, 0.15) is 62.5 Å². The standard InChI is InChI=1S/C16H22N4O3S2/c1-3-24-10(2)15-18-13(23-19-15)9-25-16-17-12(21)8-14(22)20(16)11-6-4-5-7-11/h8,10-11,21H,3-7,9H2,1-2H3. The van der Waals surface area contributed by atoms with E-state index in [1.807, 2.05) is 6.92 Å². The minimum Gasteiger partial charge on any atom is -0.493 e. The highest BCUT2D eigenvalue weighted by Gasteiger charge is 2.23. The number of thioether (sulfide) groups is 2. The first-order chi connectivity index (χ1) is 12.1. The van der Waals surface area contributed by atoms with Gasteiger partial charge in [0.2, 0.25) is 11.8 Å². The molecule has 1 aliphatic rings. The van der Waals surface area contributed by atoms with E-state index in [1.54, 1.807) is 16.3 Å². The molecule has 0 saturated heterocycles. The Hall–Kier alpha value is -1.48. The molecular weight excluding hydrogens is 360 g/mol. The van der Waals surface area contributed by atoms with Gasteiger partial charge >= 0.3 is 0 Å². The molecule has 3 rings (SSSR count). The molecule has 25 heavy (non-hydrogen) atoms. The van der Waals surface area contributed by atoms with Crippen molar-refractivity contribution >= 4 is 23.5 Å². The molecule has 2 heterocycles. The molecule has 9 heteroatoms. The molecule has 1 saturated carbocycles. The molecular formula is C16H22N4O3S2. The quantitative estimate of drug-likeness (QED) is 0.574. The summed E-state index contributed by atoms with van der Waals surface area (Å²) in [6.45, 7) is 4.14. The van der Waals surface area contributed by atoms with Crippen LogP contribution in [-0.2, 0) is 5.75 Å². The van der Waals surface area contributed by atoms with Gasteiger partial charge in [-0.15, -0.1) is 0 Å². The smallest absolute Gasteiger partial charge is 0.258 e. The SMILES string of the molecule is CCSC(C)c1noc(CSc2nc(O)cc(=O)n2C2CCCC2)n1. The van der Waals surface area contributed by atoms with E-state index in [0.717, 1.165) is 31.4 Å². The predicted molar refractivity (Wildman–Crippen MR) is 98.1 cm³/mol. The zero-order chi connectivity index (χ0) is 17.8. The Balaban J connectivity index is 1.76.